The minimum absolute atomic E-state index is 0.0273. The van der Waals surface area contributed by atoms with Crippen molar-refractivity contribution in [2.45, 2.75) is 6.61 Å². The number of para-hydroxylation sites is 2. The number of nitrogen functional groups attached to an aromatic ring is 1. The zero-order valence-corrected chi connectivity index (χ0v) is 9.70. The van der Waals surface area contributed by atoms with Gasteiger partial charge in [-0.15, -0.1) is 0 Å². The quantitative estimate of drug-likeness (QED) is 0.621. The van der Waals surface area contributed by atoms with Crippen molar-refractivity contribution in [2.75, 3.05) is 5.73 Å². The summed E-state index contributed by atoms with van der Waals surface area (Å²) < 4.78 is 5.32. The Balaban J connectivity index is 2.19. The summed E-state index contributed by atoms with van der Waals surface area (Å²) in [6.45, 7) is -0.0273. The van der Waals surface area contributed by atoms with Crippen LogP contribution in [0.3, 0.4) is 0 Å². The number of aromatic nitrogens is 2. The Morgan fingerprint density at radius 1 is 1.42 bits per heavy atom. The van der Waals surface area contributed by atoms with Crippen LogP contribution >= 0.6 is 0 Å². The maximum atomic E-state index is 10.9. The summed E-state index contributed by atoms with van der Waals surface area (Å²) in [5, 5.41) is 10.8. The van der Waals surface area contributed by atoms with Crippen molar-refractivity contribution in [2.24, 2.45) is 0 Å². The third-order valence-corrected chi connectivity index (χ3v) is 2.37. The molecule has 0 spiro atoms. The van der Waals surface area contributed by atoms with Crippen LogP contribution in [0, 0.1) is 10.1 Å². The third-order valence-electron chi connectivity index (χ3n) is 2.37. The number of rotatable bonds is 4. The lowest BCUT2D eigenvalue weighted by atomic mass is 10.3. The first-order valence-corrected chi connectivity index (χ1v) is 5.28. The predicted octanol–water partition coefficient (Wildman–Crippen LogP) is 0.839. The molecule has 0 radical (unpaired) electrons. The number of H-pyrrole nitrogens is 1. The van der Waals surface area contributed by atoms with Gasteiger partial charge >= 0.3 is 11.4 Å². The van der Waals surface area contributed by atoms with Crippen LogP contribution in [-0.2, 0) is 6.61 Å². The van der Waals surface area contributed by atoms with Crippen LogP contribution in [-0.4, -0.2) is 14.9 Å². The van der Waals surface area contributed by atoms with Gasteiger partial charge in [-0.1, -0.05) is 12.1 Å². The molecule has 0 fully saturated rings. The monoisotopic (exact) mass is 262 g/mol. The zero-order chi connectivity index (χ0) is 13.8. The topological polar surface area (TPSA) is 124 Å². The smallest absolute Gasteiger partial charge is 0.346 e. The Hall–Kier alpha value is -2.90. The number of nitro groups is 1. The first-order chi connectivity index (χ1) is 9.08. The molecule has 0 aliphatic carbocycles. The summed E-state index contributed by atoms with van der Waals surface area (Å²) >= 11 is 0. The van der Waals surface area contributed by atoms with Crippen molar-refractivity contribution in [1.29, 1.82) is 0 Å². The van der Waals surface area contributed by atoms with Crippen molar-refractivity contribution in [3.63, 3.8) is 0 Å². The van der Waals surface area contributed by atoms with Gasteiger partial charge in [0, 0.05) is 17.8 Å². The molecule has 3 N–H and O–H groups in total. The van der Waals surface area contributed by atoms with E-state index in [-0.39, 0.29) is 23.9 Å². The van der Waals surface area contributed by atoms with Crippen LogP contribution in [0.2, 0.25) is 0 Å². The molecule has 0 saturated heterocycles. The number of nitrogens with two attached hydrogens (primary N) is 1. The Morgan fingerprint density at radius 3 is 2.84 bits per heavy atom. The van der Waals surface area contributed by atoms with Crippen LogP contribution in [0.25, 0.3) is 0 Å². The van der Waals surface area contributed by atoms with E-state index in [0.717, 1.165) is 0 Å². The molecule has 0 bridgehead atoms. The molecule has 0 amide bonds. The van der Waals surface area contributed by atoms with Gasteiger partial charge in [0.05, 0.1) is 4.92 Å². The Labute approximate surface area is 107 Å². The second kappa shape index (κ2) is 5.17. The number of anilines is 1. The molecule has 2 rings (SSSR count). The SMILES string of the molecule is Nc1nc(=O)[nH]cc1COc1ccccc1[N+](=O)[O-]. The summed E-state index contributed by atoms with van der Waals surface area (Å²) in [4.78, 5) is 27.0. The molecule has 0 atom stereocenters. The Morgan fingerprint density at radius 2 is 2.16 bits per heavy atom. The molecule has 19 heavy (non-hydrogen) atoms. The van der Waals surface area contributed by atoms with Crippen LogP contribution in [0.15, 0.2) is 35.3 Å². The van der Waals surface area contributed by atoms with Crippen molar-refractivity contribution in [3.8, 4) is 5.75 Å². The summed E-state index contributed by atoms with van der Waals surface area (Å²) in [5.41, 5.74) is 5.28. The second-order valence-corrected chi connectivity index (χ2v) is 3.63. The van der Waals surface area contributed by atoms with E-state index in [1.807, 2.05) is 0 Å². The lowest BCUT2D eigenvalue weighted by Gasteiger charge is -2.07. The molecule has 0 aliphatic heterocycles. The number of nitrogens with zero attached hydrogens (tertiary/aromatic N) is 2. The fourth-order valence-electron chi connectivity index (χ4n) is 1.44. The summed E-state index contributed by atoms with van der Waals surface area (Å²) in [6.07, 6.45) is 1.36. The number of aromatic amines is 1. The number of hydrogen-bond donors (Lipinski definition) is 2. The first-order valence-electron chi connectivity index (χ1n) is 5.28. The van der Waals surface area contributed by atoms with Crippen LogP contribution in [0.1, 0.15) is 5.56 Å². The first kappa shape index (κ1) is 12.6. The van der Waals surface area contributed by atoms with Gasteiger partial charge in [-0.25, -0.2) is 4.79 Å². The number of nitrogens with one attached hydrogen (secondary N) is 1. The average molecular weight is 262 g/mol. The number of benzene rings is 1. The molecule has 1 aromatic heterocycles. The number of ether oxygens (including phenoxy) is 1. The van der Waals surface area contributed by atoms with Gasteiger partial charge in [0.15, 0.2) is 5.75 Å². The van der Waals surface area contributed by atoms with E-state index in [4.69, 9.17) is 10.5 Å². The fraction of sp³-hybridized carbons (Fsp3) is 0.0909. The molecule has 0 unspecified atom stereocenters. The minimum Gasteiger partial charge on any atom is -0.482 e. The highest BCUT2D eigenvalue weighted by molar-refractivity contribution is 5.46. The highest BCUT2D eigenvalue weighted by Gasteiger charge is 2.14. The molecule has 8 heteroatoms. The van der Waals surface area contributed by atoms with Gasteiger partial charge in [-0.3, -0.25) is 10.1 Å². The fourth-order valence-corrected chi connectivity index (χ4v) is 1.44. The van der Waals surface area contributed by atoms with Gasteiger partial charge in [0.25, 0.3) is 0 Å². The van der Waals surface area contributed by atoms with E-state index in [0.29, 0.717) is 5.56 Å². The summed E-state index contributed by atoms with van der Waals surface area (Å²) in [5.74, 6) is 0.153. The summed E-state index contributed by atoms with van der Waals surface area (Å²) in [7, 11) is 0. The van der Waals surface area contributed by atoms with E-state index in [1.54, 1.807) is 12.1 Å². The number of nitro benzene ring substituents is 1. The van der Waals surface area contributed by atoms with Crippen molar-refractivity contribution in [1.82, 2.24) is 9.97 Å². The minimum atomic E-state index is -0.563. The normalized spacial score (nSPS) is 10.1. The highest BCUT2D eigenvalue weighted by Crippen LogP contribution is 2.26. The lowest BCUT2D eigenvalue weighted by Crippen LogP contribution is -2.15. The van der Waals surface area contributed by atoms with Crippen LogP contribution < -0.4 is 16.2 Å². The largest absolute Gasteiger partial charge is 0.482 e. The van der Waals surface area contributed by atoms with Gasteiger partial charge in [-0.2, -0.15) is 4.98 Å². The molecule has 1 aromatic carbocycles. The molecule has 0 saturated carbocycles. The van der Waals surface area contributed by atoms with Gasteiger partial charge in [-0.05, 0) is 6.07 Å². The molecule has 8 nitrogen and oxygen atoms in total. The maximum absolute atomic E-state index is 10.9. The van der Waals surface area contributed by atoms with Crippen molar-refractivity contribution < 1.29 is 9.66 Å². The van der Waals surface area contributed by atoms with Crippen molar-refractivity contribution >= 4 is 11.5 Å². The van der Waals surface area contributed by atoms with E-state index < -0.39 is 10.6 Å². The predicted molar refractivity (Wildman–Crippen MR) is 66.7 cm³/mol. The van der Waals surface area contributed by atoms with Gasteiger partial charge in [0.1, 0.15) is 12.4 Å². The maximum Gasteiger partial charge on any atom is 0.346 e. The highest BCUT2D eigenvalue weighted by atomic mass is 16.6. The van der Waals surface area contributed by atoms with Crippen LogP contribution in [0.5, 0.6) is 5.75 Å². The average Bonchev–Trinajstić information content (AvgIpc) is 2.38. The molecule has 2 aromatic rings. The van der Waals surface area contributed by atoms with Crippen LogP contribution in [0.4, 0.5) is 11.5 Å². The van der Waals surface area contributed by atoms with E-state index in [1.165, 1.54) is 18.3 Å². The Kier molecular flexibility index (Phi) is 3.42. The van der Waals surface area contributed by atoms with Crippen molar-refractivity contribution in [3.05, 3.63) is 56.6 Å². The molecule has 1 heterocycles. The molecule has 0 aliphatic rings. The van der Waals surface area contributed by atoms with E-state index >= 15 is 0 Å². The summed E-state index contributed by atoms with van der Waals surface area (Å²) in [6, 6.07) is 5.98. The van der Waals surface area contributed by atoms with E-state index in [2.05, 4.69) is 9.97 Å². The molecular formula is C11H10N4O4. The number of hydrogen-bond acceptors (Lipinski definition) is 6. The second-order valence-electron chi connectivity index (χ2n) is 3.63. The molecule has 98 valence electrons. The van der Waals surface area contributed by atoms with Gasteiger partial charge < -0.3 is 15.5 Å². The lowest BCUT2D eigenvalue weighted by molar-refractivity contribution is -0.385. The third kappa shape index (κ3) is 2.86. The standard InChI is InChI=1S/C11H10N4O4/c12-10-7(5-13-11(16)14-10)6-19-9-4-2-1-3-8(9)15(17)18/h1-5H,6H2,(H3,12,13,14,16). The Bertz CT molecular complexity index is 668. The van der Waals surface area contributed by atoms with Gasteiger partial charge in [0.2, 0.25) is 0 Å². The molecular weight excluding hydrogens is 252 g/mol. The van der Waals surface area contributed by atoms with E-state index in [9.17, 15) is 14.9 Å². The zero-order valence-electron chi connectivity index (χ0n) is 9.70.